The van der Waals surface area contributed by atoms with Gasteiger partial charge in [0.05, 0.1) is 18.4 Å². The van der Waals surface area contributed by atoms with Gasteiger partial charge >= 0.3 is 101 Å². The summed E-state index contributed by atoms with van der Waals surface area (Å²) in [4.78, 5) is 30.3. The number of nitrogens with one attached hydrogen (secondary N) is 1. The third kappa shape index (κ3) is 9.59. The predicted molar refractivity (Wildman–Crippen MR) is 87.0 cm³/mol. The van der Waals surface area contributed by atoms with Crippen LogP contribution in [0.25, 0.3) is 0 Å². The molecule has 1 heterocycles. The average molecular weight is 373 g/mol. The fourth-order valence-corrected chi connectivity index (χ4v) is 2.51. The summed E-state index contributed by atoms with van der Waals surface area (Å²) in [6.07, 6.45) is -0.593. The van der Waals surface area contributed by atoms with Crippen LogP contribution < -0.4 is 4.72 Å². The first kappa shape index (κ1) is 28.4. The molecule has 0 aliphatic carbocycles. The molecule has 8 nitrogen and oxygen atoms in total. The number of aliphatic carboxylic acids is 2. The Kier molecular flexibility index (Phi) is 15.9. The molecule has 23 heavy (non-hydrogen) atoms. The van der Waals surface area contributed by atoms with Crippen molar-refractivity contribution in [2.45, 2.75) is 17.7 Å². The molecule has 0 radical (unpaired) electrons. The van der Waals surface area contributed by atoms with E-state index < -0.39 is 27.9 Å². The van der Waals surface area contributed by atoms with Gasteiger partial charge in [0, 0.05) is 0 Å². The molecule has 1 amide bonds. The Morgan fingerprint density at radius 2 is 1.39 bits per heavy atom. The van der Waals surface area contributed by atoms with Crippen LogP contribution in [-0.2, 0) is 19.6 Å². The van der Waals surface area contributed by atoms with E-state index >= 15 is 0 Å². The van der Waals surface area contributed by atoms with E-state index in [1.54, 1.807) is 12.1 Å². The van der Waals surface area contributed by atoms with Crippen molar-refractivity contribution in [3.8, 4) is 0 Å². The van der Waals surface area contributed by atoms with Crippen molar-refractivity contribution in [3.05, 3.63) is 29.8 Å². The van der Waals surface area contributed by atoms with Crippen LogP contribution in [0, 0.1) is 0 Å². The number of fused-ring (bicyclic) bond motifs is 1. The normalized spacial score (nSPS) is 12.6. The Labute approximate surface area is 199 Å². The zero-order valence-electron chi connectivity index (χ0n) is 10.1. The van der Waals surface area contributed by atoms with Gasteiger partial charge in [-0.1, -0.05) is 12.1 Å². The first-order valence-corrected chi connectivity index (χ1v) is 6.82. The molecule has 114 valence electrons. The molecule has 0 bridgehead atoms. The Bertz CT molecular complexity index is 649. The third-order valence-corrected chi connectivity index (χ3v) is 3.59. The van der Waals surface area contributed by atoms with Crippen molar-refractivity contribution < 1.29 is 33.0 Å². The summed E-state index contributed by atoms with van der Waals surface area (Å²) < 4.78 is 24.2. The number of carbonyl (C=O) groups excluding carboxylic acids is 1. The van der Waals surface area contributed by atoms with Gasteiger partial charge in [0.2, 0.25) is 0 Å². The second kappa shape index (κ2) is 12.9. The maximum atomic E-state index is 11.1. The molecule has 0 aromatic heterocycles. The molecule has 0 saturated heterocycles. The molecule has 1 aliphatic rings. The van der Waals surface area contributed by atoms with Crippen molar-refractivity contribution in [1.82, 2.24) is 4.72 Å². The van der Waals surface area contributed by atoms with Gasteiger partial charge in [0.15, 0.2) is 0 Å². The van der Waals surface area contributed by atoms with Crippen LogP contribution in [-0.4, -0.2) is 125 Å². The number of carboxylic acid groups (broad SMARTS) is 2. The fraction of sp³-hybridized carbons (Fsp3) is 0.182. The Morgan fingerprint density at radius 1 is 0.957 bits per heavy atom. The summed E-state index contributed by atoms with van der Waals surface area (Å²) in [6, 6.07) is 6.09. The van der Waals surface area contributed by atoms with E-state index in [9.17, 15) is 22.8 Å². The van der Waals surface area contributed by atoms with E-state index in [1.165, 1.54) is 12.1 Å². The predicted octanol–water partition coefficient (Wildman–Crippen LogP) is -1.89. The third-order valence-electron chi connectivity index (χ3n) is 2.20. The first-order chi connectivity index (χ1) is 9.24. The van der Waals surface area contributed by atoms with Gasteiger partial charge in [-0.15, -0.1) is 0 Å². The van der Waals surface area contributed by atoms with Crippen molar-refractivity contribution in [1.29, 1.82) is 0 Å². The molecule has 2 rings (SSSR count). The molecule has 12 heteroatoms. The standard InChI is InChI=1S/C7H5NO3S.C4H6O4.3Na.3H/c9-7-5-3-1-2-4-6(5)12(10,11)8-7;5-3(6)1-2-4(7)8;;;;;;/h1-4H,(H,8,9);1-2H2,(H,5,6)(H,7,8);;;;;;. The average Bonchev–Trinajstić information content (AvgIpc) is 2.59. The van der Waals surface area contributed by atoms with Crippen LogP contribution in [0.2, 0.25) is 0 Å². The van der Waals surface area contributed by atoms with Gasteiger partial charge in [-0.3, -0.25) is 14.4 Å². The second-order valence-corrected chi connectivity index (χ2v) is 5.37. The Balaban J connectivity index is -0.000000330. The number of amides is 1. The summed E-state index contributed by atoms with van der Waals surface area (Å²) in [6.45, 7) is 0. The molecular weight excluding hydrogens is 359 g/mol. The monoisotopic (exact) mass is 373 g/mol. The maximum absolute atomic E-state index is 11.1. The molecule has 0 atom stereocenters. The molecule has 1 aromatic carbocycles. The minimum atomic E-state index is -3.55. The van der Waals surface area contributed by atoms with E-state index in [-0.39, 0.29) is 112 Å². The summed E-state index contributed by atoms with van der Waals surface area (Å²) in [5.74, 6) is -2.70. The van der Waals surface area contributed by atoms with E-state index in [4.69, 9.17) is 10.2 Å². The van der Waals surface area contributed by atoms with Crippen molar-refractivity contribution in [2.24, 2.45) is 0 Å². The second-order valence-electron chi connectivity index (χ2n) is 3.72. The van der Waals surface area contributed by atoms with Crippen LogP contribution in [0.4, 0.5) is 0 Å². The van der Waals surface area contributed by atoms with Crippen LogP contribution >= 0.6 is 0 Å². The van der Waals surface area contributed by atoms with Crippen LogP contribution in [0.5, 0.6) is 0 Å². The van der Waals surface area contributed by atoms with Gasteiger partial charge in [-0.2, -0.15) is 0 Å². The molecular formula is C11H14NNa3O7S. The number of carbonyl (C=O) groups is 3. The van der Waals surface area contributed by atoms with Crippen molar-refractivity contribution in [2.75, 3.05) is 0 Å². The molecule has 1 aliphatic heterocycles. The van der Waals surface area contributed by atoms with Gasteiger partial charge in [0.1, 0.15) is 4.90 Å². The number of carboxylic acids is 2. The van der Waals surface area contributed by atoms with Gasteiger partial charge in [-0.05, 0) is 12.1 Å². The minimum absolute atomic E-state index is 0. The summed E-state index contributed by atoms with van der Waals surface area (Å²) in [5.41, 5.74) is 0.220. The number of benzene rings is 1. The van der Waals surface area contributed by atoms with Crippen molar-refractivity contribution in [3.63, 3.8) is 0 Å². The summed E-state index contributed by atoms with van der Waals surface area (Å²) in [7, 11) is -3.55. The molecule has 1 aromatic rings. The van der Waals surface area contributed by atoms with E-state index in [1.807, 2.05) is 4.72 Å². The molecule has 0 saturated carbocycles. The Morgan fingerprint density at radius 3 is 1.78 bits per heavy atom. The molecule has 0 unspecified atom stereocenters. The van der Waals surface area contributed by atoms with Gasteiger partial charge < -0.3 is 10.2 Å². The van der Waals surface area contributed by atoms with Crippen LogP contribution in [0.3, 0.4) is 0 Å². The number of sulfonamides is 1. The van der Waals surface area contributed by atoms with Crippen molar-refractivity contribution >= 4 is 117 Å². The molecule has 0 fully saturated rings. The van der Waals surface area contributed by atoms with E-state index in [2.05, 4.69) is 0 Å². The zero-order chi connectivity index (χ0) is 15.3. The van der Waals surface area contributed by atoms with Gasteiger partial charge in [0.25, 0.3) is 15.9 Å². The summed E-state index contributed by atoms with van der Waals surface area (Å²) >= 11 is 0. The van der Waals surface area contributed by atoms with Crippen LogP contribution in [0.1, 0.15) is 23.2 Å². The summed E-state index contributed by atoms with van der Waals surface area (Å²) in [5, 5.41) is 15.8. The number of hydrogen-bond donors (Lipinski definition) is 3. The van der Waals surface area contributed by atoms with E-state index in [0.29, 0.717) is 0 Å². The first-order valence-electron chi connectivity index (χ1n) is 5.34. The van der Waals surface area contributed by atoms with E-state index in [0.717, 1.165) is 0 Å². The SMILES string of the molecule is O=C(O)CCC(=O)O.O=C1NS(=O)(=O)c2ccccc21.[NaH].[NaH].[NaH]. The van der Waals surface area contributed by atoms with Crippen LogP contribution in [0.15, 0.2) is 29.2 Å². The van der Waals surface area contributed by atoms with Gasteiger partial charge in [-0.25, -0.2) is 13.1 Å². The quantitative estimate of drug-likeness (QED) is 0.527. The number of hydrogen-bond acceptors (Lipinski definition) is 5. The topological polar surface area (TPSA) is 138 Å². The Hall–Kier alpha value is 0.580. The molecule has 3 N–H and O–H groups in total. The molecule has 0 spiro atoms. The fourth-order valence-electron chi connectivity index (χ4n) is 1.33. The zero-order valence-corrected chi connectivity index (χ0v) is 10.9. The number of rotatable bonds is 3.